The van der Waals surface area contributed by atoms with Gasteiger partial charge in [-0.05, 0) is 12.5 Å². The first-order valence-electron chi connectivity index (χ1n) is 8.19. The topological polar surface area (TPSA) is 164 Å². The maximum Gasteiger partial charge on any atom is 0.327 e. The van der Waals surface area contributed by atoms with E-state index in [1.807, 2.05) is 6.07 Å². The molecule has 2 rings (SSSR count). The lowest BCUT2D eigenvalue weighted by molar-refractivity contribution is -0.167. The Morgan fingerprint density at radius 2 is 1.96 bits per heavy atom. The zero-order valence-corrected chi connectivity index (χ0v) is 14.9. The number of urea groups is 1. The number of benzene rings is 1. The van der Waals surface area contributed by atoms with Gasteiger partial charge in [-0.1, -0.05) is 30.3 Å². The number of amides is 3. The summed E-state index contributed by atoms with van der Waals surface area (Å²) in [5.74, 6) is -3.71. The van der Waals surface area contributed by atoms with Gasteiger partial charge in [-0.15, -0.1) is 0 Å². The van der Waals surface area contributed by atoms with E-state index in [4.69, 9.17) is 16.6 Å². The van der Waals surface area contributed by atoms with Crippen molar-refractivity contribution in [2.24, 2.45) is 11.7 Å². The number of nitrogens with two attached hydrogens (primary N) is 1. The molecule has 4 atom stereocenters. The molecule has 1 aliphatic rings. The van der Waals surface area contributed by atoms with Crippen molar-refractivity contribution in [1.29, 1.82) is 10.8 Å². The summed E-state index contributed by atoms with van der Waals surface area (Å²) >= 11 is 0. The van der Waals surface area contributed by atoms with E-state index in [0.717, 1.165) is 16.7 Å². The Bertz CT molecular complexity index is 768. The van der Waals surface area contributed by atoms with Crippen LogP contribution in [-0.4, -0.2) is 64.1 Å². The van der Waals surface area contributed by atoms with E-state index < -0.39 is 47.9 Å². The summed E-state index contributed by atoms with van der Waals surface area (Å²) in [7, 11) is 1.38. The molecule has 1 aromatic rings. The second kappa shape index (κ2) is 7.85. The number of imide groups is 1. The van der Waals surface area contributed by atoms with Crippen molar-refractivity contribution >= 4 is 30.1 Å². The van der Waals surface area contributed by atoms with Crippen LogP contribution in [0.25, 0.3) is 0 Å². The highest BCUT2D eigenvalue weighted by Gasteiger charge is 2.58. The molecule has 144 valence electrons. The minimum atomic E-state index is -1.45. The maximum absolute atomic E-state index is 12.5. The van der Waals surface area contributed by atoms with Crippen LogP contribution in [0.15, 0.2) is 30.3 Å². The van der Waals surface area contributed by atoms with Gasteiger partial charge in [-0.2, -0.15) is 0 Å². The summed E-state index contributed by atoms with van der Waals surface area (Å²) in [4.78, 5) is 38.4. The van der Waals surface area contributed by atoms with Crippen molar-refractivity contribution in [2.45, 2.75) is 25.0 Å². The molecular weight excluding hydrogens is 352 g/mol. The summed E-state index contributed by atoms with van der Waals surface area (Å²) in [5.41, 5.74) is 6.18. The largest absolute Gasteiger partial charge is 0.480 e. The number of carbonyl (C=O) groups is 3. The van der Waals surface area contributed by atoms with Gasteiger partial charge in [0.05, 0.1) is 18.0 Å². The number of hydrogen-bond acceptors (Lipinski definition) is 5. The predicted octanol–water partition coefficient (Wildman–Crippen LogP) is 0.212. The Labute approximate surface area is 155 Å². The van der Waals surface area contributed by atoms with Gasteiger partial charge in [0, 0.05) is 13.3 Å². The van der Waals surface area contributed by atoms with Crippen LogP contribution in [0.2, 0.25) is 0 Å². The third-order valence-corrected chi connectivity index (χ3v) is 4.62. The lowest BCUT2D eigenvalue weighted by Crippen LogP contribution is -2.73. The van der Waals surface area contributed by atoms with Crippen molar-refractivity contribution < 1.29 is 19.5 Å². The average Bonchev–Trinajstić information content (AvgIpc) is 2.63. The zero-order chi connectivity index (χ0) is 20.3. The maximum atomic E-state index is 12.5. The van der Waals surface area contributed by atoms with Gasteiger partial charge in [-0.25, -0.2) is 14.5 Å². The molecule has 0 radical (unpaired) electrons. The molecule has 10 nitrogen and oxygen atoms in total. The van der Waals surface area contributed by atoms with Gasteiger partial charge in [0.15, 0.2) is 12.0 Å². The fourth-order valence-corrected chi connectivity index (χ4v) is 3.03. The van der Waals surface area contributed by atoms with Crippen molar-refractivity contribution in [3.63, 3.8) is 0 Å². The van der Waals surface area contributed by atoms with Gasteiger partial charge in [-0.3, -0.25) is 10.2 Å². The van der Waals surface area contributed by atoms with Crippen LogP contribution in [0.1, 0.15) is 18.5 Å². The van der Waals surface area contributed by atoms with Crippen molar-refractivity contribution in [1.82, 2.24) is 15.1 Å². The van der Waals surface area contributed by atoms with Gasteiger partial charge >= 0.3 is 12.0 Å². The molecule has 1 fully saturated rings. The van der Waals surface area contributed by atoms with Crippen LogP contribution in [0.5, 0.6) is 0 Å². The first-order valence-corrected chi connectivity index (χ1v) is 8.19. The normalized spacial score (nSPS) is 20.8. The predicted molar refractivity (Wildman–Crippen MR) is 97.4 cm³/mol. The highest BCUT2D eigenvalue weighted by molar-refractivity contribution is 6.09. The molecule has 0 bridgehead atoms. The second-order valence-electron chi connectivity index (χ2n) is 6.25. The lowest BCUT2D eigenvalue weighted by Gasteiger charge is -2.47. The molecule has 3 unspecified atom stereocenters. The molecule has 0 saturated carbocycles. The van der Waals surface area contributed by atoms with Crippen molar-refractivity contribution in [3.05, 3.63) is 35.9 Å². The molecule has 0 spiro atoms. The molecule has 1 aromatic carbocycles. The number of nitrogens with zero attached hydrogens (tertiary/aromatic N) is 2. The number of carbonyl (C=O) groups excluding carboxylic acids is 2. The molecule has 0 aliphatic carbocycles. The minimum Gasteiger partial charge on any atom is -0.480 e. The number of hydrogen-bond donors (Lipinski definition) is 5. The van der Waals surface area contributed by atoms with Gasteiger partial charge < -0.3 is 26.5 Å². The first kappa shape index (κ1) is 19.9. The zero-order valence-electron chi connectivity index (χ0n) is 14.9. The molecular formula is C17H22N6O4. The Hall–Kier alpha value is -3.43. The molecule has 1 saturated heterocycles. The highest BCUT2D eigenvalue weighted by atomic mass is 16.4. The fraction of sp³-hybridized carbons (Fsp3) is 0.353. The lowest BCUT2D eigenvalue weighted by atomic mass is 9.81. The second-order valence-corrected chi connectivity index (χ2v) is 6.25. The van der Waals surface area contributed by atoms with Crippen LogP contribution in [0, 0.1) is 16.7 Å². The Kier molecular flexibility index (Phi) is 5.78. The Morgan fingerprint density at radius 3 is 2.44 bits per heavy atom. The third-order valence-electron chi connectivity index (χ3n) is 4.62. The van der Waals surface area contributed by atoms with Crippen LogP contribution in [0.4, 0.5) is 4.79 Å². The number of rotatable bonds is 6. The minimum absolute atomic E-state index is 0.416. The number of nitrogens with one attached hydrogen (secondary N) is 3. The summed E-state index contributed by atoms with van der Waals surface area (Å²) in [6.45, 7) is 1.72. The van der Waals surface area contributed by atoms with E-state index in [1.165, 1.54) is 7.05 Å². The quantitative estimate of drug-likeness (QED) is 0.271. The van der Waals surface area contributed by atoms with Crippen LogP contribution < -0.4 is 11.1 Å². The monoisotopic (exact) mass is 374 g/mol. The summed E-state index contributed by atoms with van der Waals surface area (Å²) in [6, 6.07) is 5.28. The van der Waals surface area contributed by atoms with Gasteiger partial charge in [0.1, 0.15) is 0 Å². The number of β-lactam (4-membered cyclic amide) rings is 1. The Morgan fingerprint density at radius 1 is 1.37 bits per heavy atom. The smallest absolute Gasteiger partial charge is 0.327 e. The molecule has 0 aromatic heterocycles. The molecule has 1 aliphatic heterocycles. The highest BCUT2D eigenvalue weighted by Crippen LogP contribution is 2.32. The Balaban J connectivity index is 2.19. The van der Waals surface area contributed by atoms with Crippen LogP contribution in [0.3, 0.4) is 0 Å². The SMILES string of the molecule is C[C@@H](NC(=O)N1C(=O)C(C(C=N)N(C)C(=N)N)C1C(=O)O)c1ccccc1. The first-order chi connectivity index (χ1) is 12.7. The van der Waals surface area contributed by atoms with E-state index in [1.54, 1.807) is 31.2 Å². The number of aliphatic carboxylic acids is 1. The number of guanidine groups is 1. The fourth-order valence-electron chi connectivity index (χ4n) is 3.03. The molecule has 1 heterocycles. The van der Waals surface area contributed by atoms with E-state index in [2.05, 4.69) is 5.32 Å². The van der Waals surface area contributed by atoms with Gasteiger partial charge in [0.2, 0.25) is 5.91 Å². The number of carboxylic acid groups (broad SMARTS) is 1. The summed E-state index contributed by atoms with van der Waals surface area (Å²) in [6.07, 6.45) is 0.849. The van der Waals surface area contributed by atoms with Crippen LogP contribution >= 0.6 is 0 Å². The standard InChI is InChI=1S/C17H22N6O4/c1-9(10-6-4-3-5-7-10)21-17(27)23-13(15(25)26)12(14(23)24)11(8-18)22(2)16(19)20/h3-9,11-13,18H,1-2H3,(H3,19,20)(H,21,27)(H,25,26)/t9-,11?,12?,13?/m1/s1. The number of likely N-dealkylation sites (tertiary alicyclic amines) is 1. The van der Waals surface area contributed by atoms with Gasteiger partial charge in [0.25, 0.3) is 0 Å². The van der Waals surface area contributed by atoms with Crippen molar-refractivity contribution in [3.8, 4) is 0 Å². The third kappa shape index (κ3) is 3.73. The van der Waals surface area contributed by atoms with Crippen molar-refractivity contribution in [2.75, 3.05) is 7.05 Å². The van der Waals surface area contributed by atoms with E-state index in [0.29, 0.717) is 4.90 Å². The molecule has 6 N–H and O–H groups in total. The van der Waals surface area contributed by atoms with E-state index >= 15 is 0 Å². The summed E-state index contributed by atoms with van der Waals surface area (Å²) in [5, 5.41) is 27.0. The molecule has 10 heteroatoms. The van der Waals surface area contributed by atoms with E-state index in [-0.39, 0.29) is 0 Å². The molecule has 27 heavy (non-hydrogen) atoms. The van der Waals surface area contributed by atoms with Crippen LogP contribution in [-0.2, 0) is 9.59 Å². The number of carboxylic acids is 1. The average molecular weight is 374 g/mol. The summed E-state index contributed by atoms with van der Waals surface area (Å²) < 4.78 is 0. The molecule has 3 amide bonds. The van der Waals surface area contributed by atoms with E-state index in [9.17, 15) is 19.5 Å².